The van der Waals surface area contributed by atoms with E-state index in [-0.39, 0.29) is 23.3 Å². The largest absolute Gasteiger partial charge is 0.326 e. The lowest BCUT2D eigenvalue weighted by molar-refractivity contribution is -0.117. The van der Waals surface area contributed by atoms with Gasteiger partial charge in [0.15, 0.2) is 0 Å². The maximum absolute atomic E-state index is 12.8. The first-order valence-corrected chi connectivity index (χ1v) is 11.3. The molecule has 0 aliphatic carbocycles. The summed E-state index contributed by atoms with van der Waals surface area (Å²) in [5, 5.41) is 2.89. The maximum Gasteiger partial charge on any atom is 0.243 e. The molecule has 156 valence electrons. The molecule has 1 unspecified atom stereocenters. The molecular weight excluding hydrogens is 396 g/mol. The number of carbonyl (C=O) groups is 1. The molecule has 30 heavy (non-hydrogen) atoms. The van der Waals surface area contributed by atoms with Gasteiger partial charge in [-0.25, -0.2) is 8.42 Å². The van der Waals surface area contributed by atoms with Gasteiger partial charge in [-0.1, -0.05) is 67.6 Å². The van der Waals surface area contributed by atoms with E-state index in [0.717, 1.165) is 11.1 Å². The molecule has 0 aliphatic heterocycles. The highest BCUT2D eigenvalue weighted by Gasteiger charge is 2.22. The van der Waals surface area contributed by atoms with Crippen LogP contribution in [0.5, 0.6) is 0 Å². The summed E-state index contributed by atoms with van der Waals surface area (Å²) < 4.78 is 27.0. The first-order valence-electron chi connectivity index (χ1n) is 9.88. The van der Waals surface area contributed by atoms with Gasteiger partial charge < -0.3 is 5.32 Å². The van der Waals surface area contributed by atoms with Crippen molar-refractivity contribution >= 4 is 21.6 Å². The molecule has 0 spiro atoms. The van der Waals surface area contributed by atoms with Crippen LogP contribution in [0.15, 0.2) is 89.8 Å². The lowest BCUT2D eigenvalue weighted by Gasteiger charge is -2.18. The average molecular weight is 423 g/mol. The zero-order valence-corrected chi connectivity index (χ0v) is 18.0. The topological polar surface area (TPSA) is 66.5 Å². The fourth-order valence-corrected chi connectivity index (χ4v) is 4.46. The van der Waals surface area contributed by atoms with Crippen LogP contribution in [-0.2, 0) is 21.4 Å². The molecule has 0 bridgehead atoms. The number of hydrogen-bond acceptors (Lipinski definition) is 3. The third kappa shape index (κ3) is 5.14. The summed E-state index contributed by atoms with van der Waals surface area (Å²) >= 11 is 0. The molecule has 0 radical (unpaired) electrons. The molecule has 0 saturated carbocycles. The quantitative estimate of drug-likeness (QED) is 0.575. The van der Waals surface area contributed by atoms with Crippen molar-refractivity contribution in [3.05, 3.63) is 96.1 Å². The first-order chi connectivity index (χ1) is 14.4. The number of nitrogens with zero attached hydrogens (tertiary/aromatic N) is 1. The zero-order chi connectivity index (χ0) is 21.6. The Kier molecular flexibility index (Phi) is 7.03. The van der Waals surface area contributed by atoms with Crippen LogP contribution in [0.25, 0.3) is 0 Å². The molecule has 5 nitrogen and oxygen atoms in total. The van der Waals surface area contributed by atoms with Crippen LogP contribution in [0.1, 0.15) is 30.4 Å². The Morgan fingerprint density at radius 2 is 1.47 bits per heavy atom. The predicted octanol–water partition coefficient (Wildman–Crippen LogP) is 4.64. The minimum Gasteiger partial charge on any atom is -0.326 e. The van der Waals surface area contributed by atoms with E-state index in [2.05, 4.69) is 5.32 Å². The highest BCUT2D eigenvalue weighted by Crippen LogP contribution is 2.23. The first kappa shape index (κ1) is 21.7. The summed E-state index contributed by atoms with van der Waals surface area (Å²) in [6.07, 6.45) is 0.673. The molecule has 0 saturated heterocycles. The van der Waals surface area contributed by atoms with Gasteiger partial charge in [0.2, 0.25) is 15.9 Å². The number of anilines is 1. The van der Waals surface area contributed by atoms with Crippen molar-refractivity contribution in [2.24, 2.45) is 0 Å². The van der Waals surface area contributed by atoms with E-state index in [1.165, 1.54) is 16.4 Å². The Hall–Kier alpha value is -2.96. The number of sulfonamides is 1. The Morgan fingerprint density at radius 3 is 2.03 bits per heavy atom. The van der Waals surface area contributed by atoms with Crippen LogP contribution >= 0.6 is 0 Å². The van der Waals surface area contributed by atoms with Crippen LogP contribution in [0, 0.1) is 0 Å². The van der Waals surface area contributed by atoms with Crippen molar-refractivity contribution in [2.45, 2.75) is 30.7 Å². The van der Waals surface area contributed by atoms with Gasteiger partial charge in [0, 0.05) is 19.3 Å². The fourth-order valence-electron chi connectivity index (χ4n) is 3.30. The van der Waals surface area contributed by atoms with Gasteiger partial charge in [-0.05, 0) is 41.8 Å². The average Bonchev–Trinajstić information content (AvgIpc) is 2.76. The van der Waals surface area contributed by atoms with Crippen molar-refractivity contribution in [3.8, 4) is 0 Å². The van der Waals surface area contributed by atoms with Gasteiger partial charge in [-0.2, -0.15) is 4.31 Å². The molecule has 3 rings (SSSR count). The van der Waals surface area contributed by atoms with Gasteiger partial charge in [0.25, 0.3) is 0 Å². The summed E-state index contributed by atoms with van der Waals surface area (Å²) in [5.74, 6) is -0.368. The maximum atomic E-state index is 12.8. The molecule has 0 aliphatic rings. The van der Waals surface area contributed by atoms with Crippen LogP contribution in [0.4, 0.5) is 5.69 Å². The van der Waals surface area contributed by atoms with Gasteiger partial charge in [-0.3, -0.25) is 4.79 Å². The SMILES string of the molecule is CCC(C(=O)Nc1ccc(S(=O)(=O)N(C)Cc2ccccc2)cc1)c1ccccc1. The summed E-state index contributed by atoms with van der Waals surface area (Å²) in [6, 6.07) is 25.4. The second kappa shape index (κ2) is 9.69. The number of hydrogen-bond donors (Lipinski definition) is 1. The molecule has 1 atom stereocenters. The molecule has 3 aromatic rings. The van der Waals surface area contributed by atoms with E-state index >= 15 is 0 Å². The monoisotopic (exact) mass is 422 g/mol. The molecule has 3 aromatic carbocycles. The molecule has 1 amide bonds. The number of benzene rings is 3. The zero-order valence-electron chi connectivity index (χ0n) is 17.2. The molecule has 0 aromatic heterocycles. The molecule has 6 heteroatoms. The van der Waals surface area contributed by atoms with E-state index in [4.69, 9.17) is 0 Å². The molecule has 0 fully saturated rings. The third-order valence-electron chi connectivity index (χ3n) is 5.00. The van der Waals surface area contributed by atoms with Crippen molar-refractivity contribution < 1.29 is 13.2 Å². The van der Waals surface area contributed by atoms with Crippen LogP contribution in [0.2, 0.25) is 0 Å². The van der Waals surface area contributed by atoms with Crippen molar-refractivity contribution in [3.63, 3.8) is 0 Å². The van der Waals surface area contributed by atoms with Crippen molar-refractivity contribution in [1.29, 1.82) is 0 Å². The predicted molar refractivity (Wildman–Crippen MR) is 120 cm³/mol. The van der Waals surface area contributed by atoms with E-state index in [0.29, 0.717) is 12.1 Å². The summed E-state index contributed by atoms with van der Waals surface area (Å²) in [6.45, 7) is 2.26. The second-order valence-corrected chi connectivity index (χ2v) is 9.18. The van der Waals surface area contributed by atoms with Crippen LogP contribution < -0.4 is 5.32 Å². The Labute approximate surface area is 178 Å². The minimum atomic E-state index is -3.63. The van der Waals surface area contributed by atoms with Gasteiger partial charge >= 0.3 is 0 Å². The van der Waals surface area contributed by atoms with Crippen LogP contribution in [0.3, 0.4) is 0 Å². The summed E-state index contributed by atoms with van der Waals surface area (Å²) in [4.78, 5) is 12.9. The Balaban J connectivity index is 1.70. The number of nitrogens with one attached hydrogen (secondary N) is 1. The highest BCUT2D eigenvalue weighted by atomic mass is 32.2. The molecular formula is C24H26N2O3S. The fraction of sp³-hybridized carbons (Fsp3) is 0.208. The Morgan fingerprint density at radius 1 is 0.900 bits per heavy atom. The van der Waals surface area contributed by atoms with Gasteiger partial charge in [0.1, 0.15) is 0 Å². The smallest absolute Gasteiger partial charge is 0.243 e. The normalized spacial score (nSPS) is 12.5. The lowest BCUT2D eigenvalue weighted by atomic mass is 9.95. The number of carbonyl (C=O) groups excluding carboxylic acids is 1. The lowest BCUT2D eigenvalue weighted by Crippen LogP contribution is -2.26. The second-order valence-electron chi connectivity index (χ2n) is 7.13. The van der Waals surface area contributed by atoms with Crippen molar-refractivity contribution in [1.82, 2.24) is 4.31 Å². The molecule has 0 heterocycles. The van der Waals surface area contributed by atoms with E-state index < -0.39 is 10.0 Å². The van der Waals surface area contributed by atoms with E-state index in [1.54, 1.807) is 19.2 Å². The van der Waals surface area contributed by atoms with Crippen molar-refractivity contribution in [2.75, 3.05) is 12.4 Å². The number of rotatable bonds is 8. The van der Waals surface area contributed by atoms with Crippen LogP contribution in [-0.4, -0.2) is 25.7 Å². The highest BCUT2D eigenvalue weighted by molar-refractivity contribution is 7.89. The third-order valence-corrected chi connectivity index (χ3v) is 6.82. The van der Waals surface area contributed by atoms with E-state index in [9.17, 15) is 13.2 Å². The van der Waals surface area contributed by atoms with Gasteiger partial charge in [-0.15, -0.1) is 0 Å². The molecule has 1 N–H and O–H groups in total. The van der Waals surface area contributed by atoms with E-state index in [1.807, 2.05) is 67.6 Å². The summed E-state index contributed by atoms with van der Waals surface area (Å²) in [5.41, 5.74) is 2.44. The number of amides is 1. The minimum absolute atomic E-state index is 0.111. The summed E-state index contributed by atoms with van der Waals surface area (Å²) in [7, 11) is -2.07. The Bertz CT molecular complexity index is 1070. The van der Waals surface area contributed by atoms with Gasteiger partial charge in [0.05, 0.1) is 10.8 Å². The standard InChI is InChI=1S/C24H26N2O3S/c1-3-23(20-12-8-5-9-13-20)24(27)25-21-14-16-22(17-15-21)30(28,29)26(2)18-19-10-6-4-7-11-19/h4-17,23H,3,18H2,1-2H3,(H,25,27).